The molecule has 4 rings (SSSR count). The zero-order valence-electron chi connectivity index (χ0n) is 14.7. The molecule has 1 aromatic carbocycles. The Hall–Kier alpha value is -1.60. The van der Waals surface area contributed by atoms with Crippen LogP contribution in [0, 0.1) is 0 Å². The van der Waals surface area contributed by atoms with Gasteiger partial charge in [-0.25, -0.2) is 0 Å². The van der Waals surface area contributed by atoms with Gasteiger partial charge in [0.25, 0.3) is 5.91 Å². The molecule has 27 heavy (non-hydrogen) atoms. The summed E-state index contributed by atoms with van der Waals surface area (Å²) in [7, 11) is 0. The number of piperazine rings is 1. The summed E-state index contributed by atoms with van der Waals surface area (Å²) in [5.41, 5.74) is 2.72. The number of amides is 2. The van der Waals surface area contributed by atoms with E-state index in [-0.39, 0.29) is 11.8 Å². The van der Waals surface area contributed by atoms with Crippen molar-refractivity contribution in [2.45, 2.75) is 6.42 Å². The molecule has 0 spiro atoms. The van der Waals surface area contributed by atoms with Crippen molar-refractivity contribution in [1.82, 2.24) is 9.80 Å². The van der Waals surface area contributed by atoms with Gasteiger partial charge in [-0.1, -0.05) is 41.4 Å². The second-order valence-electron chi connectivity index (χ2n) is 6.73. The smallest absolute Gasteiger partial charge is 0.256 e. The lowest BCUT2D eigenvalue weighted by Crippen LogP contribution is -2.51. The van der Waals surface area contributed by atoms with Gasteiger partial charge < -0.3 is 9.80 Å². The number of carbonyl (C=O) groups is 2. The van der Waals surface area contributed by atoms with Crippen molar-refractivity contribution >= 4 is 52.0 Å². The molecular formula is C19H19Cl2N3O2S. The van der Waals surface area contributed by atoms with Crippen LogP contribution < -0.4 is 4.90 Å². The van der Waals surface area contributed by atoms with E-state index in [4.69, 9.17) is 23.2 Å². The third-order valence-corrected chi connectivity index (χ3v) is 6.58. The minimum Gasteiger partial charge on any atom is -0.336 e. The van der Waals surface area contributed by atoms with Gasteiger partial charge in [-0.3, -0.25) is 14.5 Å². The monoisotopic (exact) mass is 423 g/mol. The number of rotatable bonds is 3. The van der Waals surface area contributed by atoms with Crippen molar-refractivity contribution in [1.29, 1.82) is 0 Å². The molecule has 0 unspecified atom stereocenters. The average Bonchev–Trinajstić information content (AvgIpc) is 3.24. The summed E-state index contributed by atoms with van der Waals surface area (Å²) in [5.74, 6) is 0.0231. The molecule has 2 aliphatic rings. The van der Waals surface area contributed by atoms with Crippen molar-refractivity contribution in [3.8, 4) is 0 Å². The van der Waals surface area contributed by atoms with Crippen LogP contribution in [0.4, 0.5) is 5.69 Å². The van der Waals surface area contributed by atoms with E-state index in [1.54, 1.807) is 11.0 Å². The van der Waals surface area contributed by atoms with E-state index in [0.29, 0.717) is 47.0 Å². The maximum Gasteiger partial charge on any atom is 0.256 e. The predicted molar refractivity (Wildman–Crippen MR) is 109 cm³/mol. The molecule has 0 aliphatic carbocycles. The Morgan fingerprint density at radius 2 is 1.78 bits per heavy atom. The van der Waals surface area contributed by atoms with E-state index in [2.05, 4.69) is 11.0 Å². The minimum atomic E-state index is -0.0948. The van der Waals surface area contributed by atoms with Gasteiger partial charge in [-0.15, -0.1) is 11.3 Å². The molecule has 2 amide bonds. The molecule has 0 atom stereocenters. The molecule has 0 N–H and O–H groups in total. The molecule has 142 valence electrons. The Balaban J connectivity index is 1.33. The average molecular weight is 424 g/mol. The molecule has 1 saturated heterocycles. The summed E-state index contributed by atoms with van der Waals surface area (Å²) in [4.78, 5) is 31.1. The minimum absolute atomic E-state index is 0.0948. The molecule has 2 aromatic rings. The summed E-state index contributed by atoms with van der Waals surface area (Å²) in [6, 6.07) is 9.69. The highest BCUT2D eigenvalue weighted by Crippen LogP contribution is 2.32. The molecule has 1 fully saturated rings. The lowest BCUT2D eigenvalue weighted by molar-refractivity contribution is -0.120. The van der Waals surface area contributed by atoms with Crippen molar-refractivity contribution in [3.63, 3.8) is 0 Å². The Labute approximate surface area is 172 Å². The first-order valence-electron chi connectivity index (χ1n) is 8.87. The maximum atomic E-state index is 12.7. The van der Waals surface area contributed by atoms with Crippen molar-refractivity contribution in [3.05, 3.63) is 50.1 Å². The van der Waals surface area contributed by atoms with Crippen LogP contribution in [0.25, 0.3) is 0 Å². The number of thiophene rings is 1. The molecule has 2 aliphatic heterocycles. The van der Waals surface area contributed by atoms with Crippen LogP contribution >= 0.6 is 34.5 Å². The second kappa shape index (κ2) is 7.80. The van der Waals surface area contributed by atoms with Crippen LogP contribution in [-0.4, -0.2) is 60.9 Å². The third kappa shape index (κ3) is 3.85. The number of para-hydroxylation sites is 1. The van der Waals surface area contributed by atoms with Crippen LogP contribution in [0.5, 0.6) is 0 Å². The standard InChI is InChI=1S/C19H19Cl2N3O2S/c20-16-11-14(18(21)27-16)19(26)23-9-7-22(8-10-23)12-17(25)24-6-5-13-3-1-2-4-15(13)24/h1-4,11H,5-10,12H2. The molecule has 0 saturated carbocycles. The fraction of sp³-hybridized carbons (Fsp3) is 0.368. The first-order valence-corrected chi connectivity index (χ1v) is 10.4. The number of nitrogens with zero attached hydrogens (tertiary/aromatic N) is 3. The number of benzene rings is 1. The molecule has 0 radical (unpaired) electrons. The van der Waals surface area contributed by atoms with Gasteiger partial charge in [-0.2, -0.15) is 0 Å². The van der Waals surface area contributed by atoms with Gasteiger partial charge in [0.05, 0.1) is 16.4 Å². The molecule has 0 bridgehead atoms. The number of hydrogen-bond acceptors (Lipinski definition) is 4. The zero-order chi connectivity index (χ0) is 19.0. The van der Waals surface area contributed by atoms with Crippen molar-refractivity contribution in [2.24, 2.45) is 0 Å². The highest BCUT2D eigenvalue weighted by molar-refractivity contribution is 7.20. The summed E-state index contributed by atoms with van der Waals surface area (Å²) in [6.45, 7) is 3.61. The van der Waals surface area contributed by atoms with Gasteiger partial charge in [0.2, 0.25) is 5.91 Å². The van der Waals surface area contributed by atoms with E-state index >= 15 is 0 Å². The third-order valence-electron chi connectivity index (χ3n) is 5.09. The predicted octanol–water partition coefficient (Wildman–Crippen LogP) is 3.40. The number of carbonyl (C=O) groups excluding carboxylic acids is 2. The van der Waals surface area contributed by atoms with Gasteiger partial charge in [-0.05, 0) is 24.1 Å². The fourth-order valence-electron chi connectivity index (χ4n) is 3.64. The van der Waals surface area contributed by atoms with E-state index in [0.717, 1.165) is 18.7 Å². The van der Waals surface area contributed by atoms with Crippen LogP contribution in [-0.2, 0) is 11.2 Å². The highest BCUT2D eigenvalue weighted by atomic mass is 35.5. The van der Waals surface area contributed by atoms with Gasteiger partial charge in [0.1, 0.15) is 4.34 Å². The van der Waals surface area contributed by atoms with Gasteiger partial charge in [0.15, 0.2) is 0 Å². The lowest BCUT2D eigenvalue weighted by Gasteiger charge is -2.35. The number of halogens is 2. The van der Waals surface area contributed by atoms with E-state index in [1.165, 1.54) is 16.9 Å². The largest absolute Gasteiger partial charge is 0.336 e. The quantitative estimate of drug-likeness (QED) is 0.759. The normalized spacial score (nSPS) is 17.3. The number of hydrogen-bond donors (Lipinski definition) is 0. The van der Waals surface area contributed by atoms with E-state index < -0.39 is 0 Å². The number of anilines is 1. The zero-order valence-corrected chi connectivity index (χ0v) is 17.0. The SMILES string of the molecule is O=C(c1cc(Cl)sc1Cl)N1CCN(CC(=O)N2CCc3ccccc32)CC1. The Morgan fingerprint density at radius 1 is 1.04 bits per heavy atom. The second-order valence-corrected chi connectivity index (χ2v) is 9.02. The summed E-state index contributed by atoms with van der Waals surface area (Å²) < 4.78 is 0.939. The van der Waals surface area contributed by atoms with Crippen LogP contribution in [0.1, 0.15) is 15.9 Å². The topological polar surface area (TPSA) is 43.9 Å². The molecule has 8 heteroatoms. The molecule has 5 nitrogen and oxygen atoms in total. The van der Waals surface area contributed by atoms with Crippen LogP contribution in [0.2, 0.25) is 8.67 Å². The first kappa shape index (κ1) is 18.7. The van der Waals surface area contributed by atoms with Crippen LogP contribution in [0.3, 0.4) is 0 Å². The number of fused-ring (bicyclic) bond motifs is 1. The Morgan fingerprint density at radius 3 is 2.48 bits per heavy atom. The summed E-state index contributed by atoms with van der Waals surface area (Å²) in [6.07, 6.45) is 0.911. The fourth-order valence-corrected chi connectivity index (χ4v) is 5.09. The Kier molecular flexibility index (Phi) is 5.41. The Bertz CT molecular complexity index is 878. The summed E-state index contributed by atoms with van der Waals surface area (Å²) in [5, 5.41) is 0. The van der Waals surface area contributed by atoms with E-state index in [1.807, 2.05) is 23.1 Å². The van der Waals surface area contributed by atoms with Crippen molar-refractivity contribution in [2.75, 3.05) is 44.2 Å². The first-order chi connectivity index (χ1) is 13.0. The molecule has 3 heterocycles. The van der Waals surface area contributed by atoms with Gasteiger partial charge in [0, 0.05) is 38.4 Å². The molecule has 1 aromatic heterocycles. The van der Waals surface area contributed by atoms with Gasteiger partial charge >= 0.3 is 0 Å². The van der Waals surface area contributed by atoms with Crippen molar-refractivity contribution < 1.29 is 9.59 Å². The molecular weight excluding hydrogens is 405 g/mol. The van der Waals surface area contributed by atoms with E-state index in [9.17, 15) is 9.59 Å². The highest BCUT2D eigenvalue weighted by Gasteiger charge is 2.29. The maximum absolute atomic E-state index is 12.7. The van der Waals surface area contributed by atoms with Crippen LogP contribution in [0.15, 0.2) is 30.3 Å². The summed E-state index contributed by atoms with van der Waals surface area (Å²) >= 11 is 13.2. The lowest BCUT2D eigenvalue weighted by atomic mass is 10.2.